The van der Waals surface area contributed by atoms with Gasteiger partial charge in [-0.25, -0.2) is 9.37 Å². The van der Waals surface area contributed by atoms with E-state index >= 15 is 0 Å². The second-order valence-corrected chi connectivity index (χ2v) is 4.78. The van der Waals surface area contributed by atoms with E-state index in [9.17, 15) is 4.39 Å². The van der Waals surface area contributed by atoms with Crippen LogP contribution in [0.5, 0.6) is 11.6 Å². The van der Waals surface area contributed by atoms with E-state index in [1.54, 1.807) is 18.3 Å². The Hall–Kier alpha value is -1.94. The summed E-state index contributed by atoms with van der Waals surface area (Å²) in [6.07, 6.45) is 1.75. The Labute approximate surface area is 118 Å². The van der Waals surface area contributed by atoms with Gasteiger partial charge in [0.25, 0.3) is 0 Å². The molecule has 0 saturated carbocycles. The lowest BCUT2D eigenvalue weighted by atomic mass is 10.2. The van der Waals surface area contributed by atoms with Crippen LogP contribution in [0.4, 0.5) is 4.39 Å². The van der Waals surface area contributed by atoms with E-state index in [0.717, 1.165) is 29.8 Å². The summed E-state index contributed by atoms with van der Waals surface area (Å²) in [7, 11) is 0. The summed E-state index contributed by atoms with van der Waals surface area (Å²) < 4.78 is 19.2. The first-order valence-electron chi connectivity index (χ1n) is 6.70. The summed E-state index contributed by atoms with van der Waals surface area (Å²) in [6.45, 7) is 7.53. The predicted molar refractivity (Wildman–Crippen MR) is 77.6 cm³/mol. The topological polar surface area (TPSA) is 34.2 Å². The maximum absolute atomic E-state index is 13.7. The largest absolute Gasteiger partial charge is 0.436 e. The molecule has 0 atom stereocenters. The fourth-order valence-corrected chi connectivity index (χ4v) is 1.89. The van der Waals surface area contributed by atoms with Crippen molar-refractivity contribution in [1.29, 1.82) is 0 Å². The molecule has 0 amide bonds. The molecule has 0 saturated heterocycles. The highest BCUT2D eigenvalue weighted by atomic mass is 19.1. The second kappa shape index (κ2) is 6.48. The zero-order chi connectivity index (χ0) is 14.5. The van der Waals surface area contributed by atoms with Crippen molar-refractivity contribution in [1.82, 2.24) is 10.3 Å². The number of pyridine rings is 1. The highest BCUT2D eigenvalue weighted by molar-refractivity contribution is 5.36. The lowest BCUT2D eigenvalue weighted by Crippen LogP contribution is -2.12. The van der Waals surface area contributed by atoms with Crippen molar-refractivity contribution >= 4 is 0 Å². The Kier molecular flexibility index (Phi) is 4.69. The molecular formula is C16H19FN2O. The number of hydrogen-bond acceptors (Lipinski definition) is 3. The molecule has 20 heavy (non-hydrogen) atoms. The van der Waals surface area contributed by atoms with Crippen LogP contribution in [-0.4, -0.2) is 11.5 Å². The van der Waals surface area contributed by atoms with Crippen LogP contribution in [-0.2, 0) is 6.54 Å². The zero-order valence-electron chi connectivity index (χ0n) is 12.0. The minimum atomic E-state index is -0.381. The maximum atomic E-state index is 13.7. The molecule has 0 bridgehead atoms. The van der Waals surface area contributed by atoms with E-state index in [4.69, 9.17) is 4.74 Å². The first-order valence-corrected chi connectivity index (χ1v) is 6.70. The second-order valence-electron chi connectivity index (χ2n) is 4.78. The minimum Gasteiger partial charge on any atom is -0.436 e. The number of aromatic nitrogens is 1. The Morgan fingerprint density at radius 3 is 2.75 bits per heavy atom. The quantitative estimate of drug-likeness (QED) is 0.902. The molecule has 0 spiro atoms. The van der Waals surface area contributed by atoms with Crippen molar-refractivity contribution in [2.75, 3.05) is 6.54 Å². The van der Waals surface area contributed by atoms with Gasteiger partial charge in [-0.1, -0.05) is 13.0 Å². The van der Waals surface area contributed by atoms with E-state index in [1.165, 1.54) is 6.07 Å². The standard InChI is InChI=1S/C16H19FN2O/c1-4-18-9-13-8-12(3)16(19-10-13)20-15-7-11(2)5-6-14(15)17/h5-8,10,18H,4,9H2,1-3H3. The van der Waals surface area contributed by atoms with Crippen molar-refractivity contribution in [2.45, 2.75) is 27.3 Å². The van der Waals surface area contributed by atoms with E-state index in [-0.39, 0.29) is 11.6 Å². The van der Waals surface area contributed by atoms with Crippen LogP contribution >= 0.6 is 0 Å². The number of ether oxygens (including phenoxy) is 1. The molecule has 4 heteroatoms. The Morgan fingerprint density at radius 2 is 2.05 bits per heavy atom. The number of halogens is 1. The molecule has 3 nitrogen and oxygen atoms in total. The van der Waals surface area contributed by atoms with E-state index in [2.05, 4.69) is 17.2 Å². The highest BCUT2D eigenvalue weighted by Gasteiger charge is 2.09. The zero-order valence-corrected chi connectivity index (χ0v) is 12.0. The highest BCUT2D eigenvalue weighted by Crippen LogP contribution is 2.26. The van der Waals surface area contributed by atoms with Crippen molar-refractivity contribution < 1.29 is 9.13 Å². The van der Waals surface area contributed by atoms with E-state index < -0.39 is 0 Å². The first-order chi connectivity index (χ1) is 9.60. The van der Waals surface area contributed by atoms with Gasteiger partial charge in [0.05, 0.1) is 0 Å². The Bertz CT molecular complexity index is 599. The van der Waals surface area contributed by atoms with E-state index in [1.807, 2.05) is 19.9 Å². The third-order valence-corrected chi connectivity index (χ3v) is 2.96. The average molecular weight is 274 g/mol. The van der Waals surface area contributed by atoms with Gasteiger partial charge in [-0.3, -0.25) is 0 Å². The van der Waals surface area contributed by atoms with E-state index in [0.29, 0.717) is 5.88 Å². The molecule has 0 fully saturated rings. The third kappa shape index (κ3) is 3.54. The van der Waals surface area contributed by atoms with Crippen molar-refractivity contribution in [2.24, 2.45) is 0 Å². The first kappa shape index (κ1) is 14.5. The smallest absolute Gasteiger partial charge is 0.222 e. The summed E-state index contributed by atoms with van der Waals surface area (Å²) in [5.41, 5.74) is 2.92. The summed E-state index contributed by atoms with van der Waals surface area (Å²) in [5, 5.41) is 3.24. The van der Waals surface area contributed by atoms with Crippen molar-refractivity contribution in [3.05, 3.63) is 53.0 Å². The number of hydrogen-bond donors (Lipinski definition) is 1. The lowest BCUT2D eigenvalue weighted by molar-refractivity contribution is 0.423. The summed E-state index contributed by atoms with van der Waals surface area (Å²) >= 11 is 0. The van der Waals surface area contributed by atoms with Gasteiger partial charge >= 0.3 is 0 Å². The number of rotatable bonds is 5. The predicted octanol–water partition coefficient (Wildman–Crippen LogP) is 3.74. The molecule has 106 valence electrons. The van der Waals surface area contributed by atoms with Crippen molar-refractivity contribution in [3.8, 4) is 11.6 Å². The third-order valence-electron chi connectivity index (χ3n) is 2.96. The molecule has 1 N–H and O–H groups in total. The van der Waals surface area contributed by atoms with Gasteiger partial charge in [-0.05, 0) is 49.7 Å². The van der Waals surface area contributed by atoms with Gasteiger partial charge in [0.1, 0.15) is 0 Å². The number of nitrogens with one attached hydrogen (secondary N) is 1. The molecule has 0 radical (unpaired) electrons. The molecular weight excluding hydrogens is 255 g/mol. The fourth-order valence-electron chi connectivity index (χ4n) is 1.89. The van der Waals surface area contributed by atoms with Gasteiger partial charge < -0.3 is 10.1 Å². The molecule has 1 heterocycles. The molecule has 2 aromatic rings. The molecule has 1 aromatic heterocycles. The van der Waals surface area contributed by atoms with Gasteiger partial charge in [0, 0.05) is 18.3 Å². The monoisotopic (exact) mass is 274 g/mol. The average Bonchev–Trinajstić information content (AvgIpc) is 2.43. The van der Waals surface area contributed by atoms with Crippen LogP contribution < -0.4 is 10.1 Å². The lowest BCUT2D eigenvalue weighted by Gasteiger charge is -2.10. The number of aryl methyl sites for hydroxylation is 2. The number of nitrogens with zero attached hydrogens (tertiary/aromatic N) is 1. The molecule has 1 aromatic carbocycles. The van der Waals surface area contributed by atoms with Gasteiger partial charge in [0.2, 0.25) is 5.88 Å². The van der Waals surface area contributed by atoms with Gasteiger partial charge in [-0.2, -0.15) is 0 Å². The van der Waals surface area contributed by atoms with Gasteiger partial charge in [0.15, 0.2) is 11.6 Å². The van der Waals surface area contributed by atoms with Crippen molar-refractivity contribution in [3.63, 3.8) is 0 Å². The van der Waals surface area contributed by atoms with Crippen LogP contribution in [0.25, 0.3) is 0 Å². The normalized spacial score (nSPS) is 10.6. The Balaban J connectivity index is 2.19. The SMILES string of the molecule is CCNCc1cnc(Oc2cc(C)ccc2F)c(C)c1. The molecule has 0 aliphatic carbocycles. The molecule has 0 aliphatic rings. The van der Waals surface area contributed by atoms with Gasteiger partial charge in [-0.15, -0.1) is 0 Å². The molecule has 0 aliphatic heterocycles. The maximum Gasteiger partial charge on any atom is 0.222 e. The fraction of sp³-hybridized carbons (Fsp3) is 0.312. The molecule has 2 rings (SSSR count). The van der Waals surface area contributed by atoms with Crippen LogP contribution in [0, 0.1) is 19.7 Å². The van der Waals surface area contributed by atoms with Crippen LogP contribution in [0.15, 0.2) is 30.5 Å². The van der Waals surface area contributed by atoms with Crippen LogP contribution in [0.3, 0.4) is 0 Å². The van der Waals surface area contributed by atoms with Crippen LogP contribution in [0.2, 0.25) is 0 Å². The molecule has 0 unspecified atom stereocenters. The Morgan fingerprint density at radius 1 is 1.25 bits per heavy atom. The number of benzene rings is 1. The van der Waals surface area contributed by atoms with Crippen LogP contribution in [0.1, 0.15) is 23.6 Å². The summed E-state index contributed by atoms with van der Waals surface area (Å²) in [4.78, 5) is 4.27. The summed E-state index contributed by atoms with van der Waals surface area (Å²) in [6, 6.07) is 6.78. The summed E-state index contributed by atoms with van der Waals surface area (Å²) in [5.74, 6) is 0.267. The minimum absolute atomic E-state index is 0.208.